The first-order valence-electron chi connectivity index (χ1n) is 5.76. The molecule has 0 bridgehead atoms. The van der Waals surface area contributed by atoms with Gasteiger partial charge in [0.05, 0.1) is 11.1 Å². The van der Waals surface area contributed by atoms with Crippen molar-refractivity contribution in [1.29, 1.82) is 0 Å². The highest BCUT2D eigenvalue weighted by atomic mass is 79.9. The standard InChI is InChI=1S/C13H10BrClF3NO2/c1-19(2)12-9(10(20)11(14)21-12)6-3-7(13(16,17)18)5-8(15)4-6/h3-5,11H,1-2H3. The van der Waals surface area contributed by atoms with Crippen LogP contribution in [-0.2, 0) is 15.7 Å². The summed E-state index contributed by atoms with van der Waals surface area (Å²) in [7, 11) is 3.26. The maximum atomic E-state index is 12.9. The lowest BCUT2D eigenvalue weighted by Gasteiger charge is -2.15. The molecule has 1 atom stereocenters. The van der Waals surface area contributed by atoms with Crippen LogP contribution in [0.1, 0.15) is 11.1 Å². The zero-order chi connectivity index (χ0) is 15.9. The molecule has 0 N–H and O–H groups in total. The van der Waals surface area contributed by atoms with E-state index >= 15 is 0 Å². The Labute approximate surface area is 132 Å². The van der Waals surface area contributed by atoms with Gasteiger partial charge in [-0.15, -0.1) is 0 Å². The molecule has 1 heterocycles. The molecule has 0 amide bonds. The molecule has 0 saturated carbocycles. The number of hydrogen-bond acceptors (Lipinski definition) is 3. The molecule has 1 aromatic carbocycles. The van der Waals surface area contributed by atoms with Gasteiger partial charge >= 0.3 is 6.18 Å². The minimum Gasteiger partial charge on any atom is -0.455 e. The van der Waals surface area contributed by atoms with Crippen LogP contribution in [0, 0.1) is 0 Å². The summed E-state index contributed by atoms with van der Waals surface area (Å²) in [5, 5.41) is -1.02. The summed E-state index contributed by atoms with van der Waals surface area (Å²) in [4.78, 5) is 13.6. The Kier molecular flexibility index (Phi) is 4.26. The molecular formula is C13H10BrClF3NO2. The van der Waals surface area contributed by atoms with Crippen LogP contribution in [0.4, 0.5) is 13.2 Å². The highest BCUT2D eigenvalue weighted by Gasteiger charge is 2.37. The average Bonchev–Trinajstić information content (AvgIpc) is 2.64. The van der Waals surface area contributed by atoms with E-state index in [0.29, 0.717) is 0 Å². The molecule has 0 saturated heterocycles. The molecule has 1 aliphatic rings. The molecule has 8 heteroatoms. The summed E-state index contributed by atoms with van der Waals surface area (Å²) in [6.07, 6.45) is -4.55. The van der Waals surface area contributed by atoms with Crippen molar-refractivity contribution in [1.82, 2.24) is 4.90 Å². The highest BCUT2D eigenvalue weighted by Crippen LogP contribution is 2.38. The lowest BCUT2D eigenvalue weighted by atomic mass is 10.0. The second kappa shape index (κ2) is 5.53. The first-order valence-corrected chi connectivity index (χ1v) is 7.05. The number of benzene rings is 1. The SMILES string of the molecule is CN(C)C1=C(c2cc(Cl)cc(C(F)(F)F)c2)C(=O)C(Br)O1. The Morgan fingerprint density at radius 1 is 1.29 bits per heavy atom. The number of hydrogen-bond donors (Lipinski definition) is 0. The van der Waals surface area contributed by atoms with Gasteiger partial charge in [-0.25, -0.2) is 0 Å². The normalized spacial score (nSPS) is 19.0. The largest absolute Gasteiger partial charge is 0.455 e. The van der Waals surface area contributed by atoms with Crippen molar-refractivity contribution in [3.05, 3.63) is 40.2 Å². The van der Waals surface area contributed by atoms with Crippen molar-refractivity contribution in [2.75, 3.05) is 14.1 Å². The summed E-state index contributed by atoms with van der Waals surface area (Å²) in [6, 6.07) is 3.01. The van der Waals surface area contributed by atoms with E-state index in [2.05, 4.69) is 15.9 Å². The van der Waals surface area contributed by atoms with Crippen molar-refractivity contribution in [2.24, 2.45) is 0 Å². The molecule has 2 rings (SSSR count). The molecule has 1 aliphatic heterocycles. The topological polar surface area (TPSA) is 29.5 Å². The third-order valence-corrected chi connectivity index (χ3v) is 3.62. The molecule has 3 nitrogen and oxygen atoms in total. The summed E-state index contributed by atoms with van der Waals surface area (Å²) < 4.78 is 43.9. The third-order valence-electron chi connectivity index (χ3n) is 2.80. The molecule has 21 heavy (non-hydrogen) atoms. The molecule has 0 spiro atoms. The number of carbonyl (C=O) groups is 1. The number of halogens is 5. The van der Waals surface area contributed by atoms with Gasteiger partial charge in [0.25, 0.3) is 0 Å². The first kappa shape index (κ1) is 16.2. The Morgan fingerprint density at radius 3 is 2.43 bits per heavy atom. The van der Waals surface area contributed by atoms with Gasteiger partial charge in [-0.1, -0.05) is 11.6 Å². The maximum Gasteiger partial charge on any atom is 0.416 e. The van der Waals surface area contributed by atoms with Crippen LogP contribution in [0.15, 0.2) is 24.1 Å². The van der Waals surface area contributed by atoms with Crippen molar-refractivity contribution in [2.45, 2.75) is 11.2 Å². The van der Waals surface area contributed by atoms with Crippen molar-refractivity contribution in [3.8, 4) is 0 Å². The minimum absolute atomic E-state index is 0.0647. The van der Waals surface area contributed by atoms with Crippen molar-refractivity contribution < 1.29 is 22.7 Å². The lowest BCUT2D eigenvalue weighted by Crippen LogP contribution is -2.13. The monoisotopic (exact) mass is 383 g/mol. The van der Waals surface area contributed by atoms with Crippen molar-refractivity contribution in [3.63, 3.8) is 0 Å². The number of carbonyl (C=O) groups excluding carboxylic acids is 1. The Morgan fingerprint density at radius 2 is 1.90 bits per heavy atom. The van der Waals surface area contributed by atoms with E-state index in [1.54, 1.807) is 14.1 Å². The molecule has 1 aromatic rings. The van der Waals surface area contributed by atoms with Crippen LogP contribution in [0.2, 0.25) is 5.02 Å². The molecule has 0 aliphatic carbocycles. The van der Waals surface area contributed by atoms with Crippen LogP contribution in [0.3, 0.4) is 0 Å². The van der Waals surface area contributed by atoms with Gasteiger partial charge in [0, 0.05) is 19.1 Å². The number of ketones is 1. The fourth-order valence-electron chi connectivity index (χ4n) is 1.92. The minimum atomic E-state index is -4.55. The lowest BCUT2D eigenvalue weighted by molar-refractivity contribution is -0.137. The first-order chi connectivity index (χ1) is 9.61. The molecule has 0 radical (unpaired) electrons. The Hall–Kier alpha value is -1.21. The second-order valence-electron chi connectivity index (χ2n) is 4.60. The van der Waals surface area contributed by atoms with Crippen LogP contribution >= 0.6 is 27.5 Å². The van der Waals surface area contributed by atoms with Crippen molar-refractivity contribution >= 4 is 38.9 Å². The van der Waals surface area contributed by atoms with E-state index < -0.39 is 22.5 Å². The molecule has 0 aromatic heterocycles. The number of nitrogens with zero attached hydrogens (tertiary/aromatic N) is 1. The van der Waals surface area contributed by atoms with E-state index in [4.69, 9.17) is 16.3 Å². The van der Waals surface area contributed by atoms with Crippen LogP contribution in [0.25, 0.3) is 5.57 Å². The predicted octanol–water partition coefficient (Wildman–Crippen LogP) is 3.91. The van der Waals surface area contributed by atoms with Gasteiger partial charge in [-0.2, -0.15) is 13.2 Å². The summed E-state index contributed by atoms with van der Waals surface area (Å²) in [5.41, 5.74) is -0.776. The Bertz CT molecular complexity index is 628. The fraction of sp³-hybridized carbons (Fsp3) is 0.308. The Balaban J connectivity index is 2.62. The zero-order valence-electron chi connectivity index (χ0n) is 11.0. The molecule has 0 fully saturated rings. The van der Waals surface area contributed by atoms with Gasteiger partial charge < -0.3 is 9.64 Å². The summed E-state index contributed by atoms with van der Waals surface area (Å²) in [5.74, 6) is -0.258. The number of rotatable bonds is 2. The highest BCUT2D eigenvalue weighted by molar-refractivity contribution is 9.09. The van der Waals surface area contributed by atoms with Gasteiger partial charge in [0.2, 0.25) is 16.7 Å². The number of alkyl halides is 4. The molecule has 114 valence electrons. The smallest absolute Gasteiger partial charge is 0.416 e. The van der Waals surface area contributed by atoms with E-state index in [9.17, 15) is 18.0 Å². The van der Waals surface area contributed by atoms with Crippen LogP contribution < -0.4 is 0 Å². The van der Waals surface area contributed by atoms with Crippen LogP contribution in [0.5, 0.6) is 0 Å². The van der Waals surface area contributed by atoms with E-state index in [1.165, 1.54) is 11.0 Å². The van der Waals surface area contributed by atoms with Gasteiger partial charge in [-0.05, 0) is 39.7 Å². The summed E-state index contributed by atoms with van der Waals surface area (Å²) in [6.45, 7) is 0. The van der Waals surface area contributed by atoms with E-state index in [0.717, 1.165) is 12.1 Å². The fourth-order valence-corrected chi connectivity index (χ4v) is 2.56. The molecular weight excluding hydrogens is 374 g/mol. The summed E-state index contributed by atoms with van der Waals surface area (Å²) >= 11 is 8.78. The number of Topliss-reactive ketones (excluding diaryl/α,β-unsaturated/α-hetero) is 1. The maximum absolute atomic E-state index is 12.9. The third kappa shape index (κ3) is 3.18. The second-order valence-corrected chi connectivity index (χ2v) is 5.87. The number of ether oxygens (including phenoxy) is 1. The van der Waals surface area contributed by atoms with Crippen LogP contribution in [-0.4, -0.2) is 29.8 Å². The molecule has 1 unspecified atom stereocenters. The predicted molar refractivity (Wildman–Crippen MR) is 75.9 cm³/mol. The van der Waals surface area contributed by atoms with Gasteiger partial charge in [0.1, 0.15) is 0 Å². The zero-order valence-corrected chi connectivity index (χ0v) is 13.3. The van der Waals surface area contributed by atoms with E-state index in [-0.39, 0.29) is 22.0 Å². The van der Waals surface area contributed by atoms with E-state index in [1.807, 2.05) is 0 Å². The average molecular weight is 385 g/mol. The quantitative estimate of drug-likeness (QED) is 0.724. The van der Waals surface area contributed by atoms with Gasteiger partial charge in [-0.3, -0.25) is 4.79 Å². The van der Waals surface area contributed by atoms with Gasteiger partial charge in [0.15, 0.2) is 0 Å².